The molecule has 0 saturated carbocycles. The number of phenolic OH excluding ortho intramolecular Hbond substituents is 1. The summed E-state index contributed by atoms with van der Waals surface area (Å²) in [6.45, 7) is 5.87. The van der Waals surface area contributed by atoms with E-state index in [1.54, 1.807) is 6.07 Å². The number of hydrogen-bond donors (Lipinski definition) is 1. The predicted molar refractivity (Wildman–Crippen MR) is 72.9 cm³/mol. The summed E-state index contributed by atoms with van der Waals surface area (Å²) in [5.74, 6) is -0.530. The first-order chi connectivity index (χ1) is 8.90. The predicted octanol–water partition coefficient (Wildman–Crippen LogP) is 4.07. The van der Waals surface area contributed by atoms with E-state index in [0.717, 1.165) is 11.3 Å². The third kappa shape index (κ3) is 2.68. The minimum atomic E-state index is -0.706. The molecule has 0 amide bonds. The van der Waals surface area contributed by atoms with Gasteiger partial charge in [-0.15, -0.1) is 0 Å². The number of hydrogen-bond acceptors (Lipinski definition) is 3. The topological polar surface area (TPSA) is 46.0 Å². The quantitative estimate of drug-likeness (QED) is 0.843. The van der Waals surface area contributed by atoms with Crippen LogP contribution in [-0.4, -0.2) is 15.1 Å². The standard InChI is InChI=1S/C14H14ClFN2O/c1-7(2)12-8(3)17-14(18-13(12)15)9-4-5-11(19)10(16)6-9/h4-7,19H,1-3H3. The third-order valence-electron chi connectivity index (χ3n) is 2.87. The zero-order chi connectivity index (χ0) is 14.2. The first-order valence-corrected chi connectivity index (χ1v) is 6.31. The van der Waals surface area contributed by atoms with Gasteiger partial charge in [-0.3, -0.25) is 0 Å². The minimum Gasteiger partial charge on any atom is -0.505 e. The molecule has 0 atom stereocenters. The third-order valence-corrected chi connectivity index (χ3v) is 3.16. The van der Waals surface area contributed by atoms with Gasteiger partial charge in [-0.2, -0.15) is 0 Å². The summed E-state index contributed by atoms with van der Waals surface area (Å²) >= 11 is 6.16. The van der Waals surface area contributed by atoms with Crippen molar-refractivity contribution in [2.45, 2.75) is 26.7 Å². The van der Waals surface area contributed by atoms with Crippen molar-refractivity contribution in [2.24, 2.45) is 0 Å². The maximum atomic E-state index is 13.3. The van der Waals surface area contributed by atoms with Gasteiger partial charge in [-0.25, -0.2) is 14.4 Å². The second-order valence-electron chi connectivity index (χ2n) is 4.66. The maximum absolute atomic E-state index is 13.3. The zero-order valence-corrected chi connectivity index (χ0v) is 11.7. The first-order valence-electron chi connectivity index (χ1n) is 5.93. The van der Waals surface area contributed by atoms with Crippen LogP contribution in [0, 0.1) is 12.7 Å². The Morgan fingerprint density at radius 1 is 1.26 bits per heavy atom. The van der Waals surface area contributed by atoms with Crippen LogP contribution in [0.1, 0.15) is 31.0 Å². The van der Waals surface area contributed by atoms with Crippen molar-refractivity contribution in [1.82, 2.24) is 9.97 Å². The van der Waals surface area contributed by atoms with Crippen LogP contribution in [0.3, 0.4) is 0 Å². The van der Waals surface area contributed by atoms with E-state index in [9.17, 15) is 9.50 Å². The van der Waals surface area contributed by atoms with Crippen molar-refractivity contribution in [2.75, 3.05) is 0 Å². The summed E-state index contributed by atoms with van der Waals surface area (Å²) < 4.78 is 13.3. The number of aromatic hydroxyl groups is 1. The van der Waals surface area contributed by atoms with Crippen LogP contribution in [0.5, 0.6) is 5.75 Å². The SMILES string of the molecule is Cc1nc(-c2ccc(O)c(F)c2)nc(Cl)c1C(C)C. The number of phenols is 1. The molecule has 19 heavy (non-hydrogen) atoms. The Labute approximate surface area is 116 Å². The van der Waals surface area contributed by atoms with E-state index in [2.05, 4.69) is 9.97 Å². The molecule has 100 valence electrons. The molecular weight excluding hydrogens is 267 g/mol. The van der Waals surface area contributed by atoms with Gasteiger partial charge in [0.2, 0.25) is 0 Å². The molecule has 1 aromatic carbocycles. The van der Waals surface area contributed by atoms with Crippen molar-refractivity contribution < 1.29 is 9.50 Å². The van der Waals surface area contributed by atoms with E-state index in [4.69, 9.17) is 11.6 Å². The van der Waals surface area contributed by atoms with Crippen LogP contribution in [0.2, 0.25) is 5.15 Å². The van der Waals surface area contributed by atoms with E-state index in [1.165, 1.54) is 12.1 Å². The largest absolute Gasteiger partial charge is 0.505 e. The molecule has 5 heteroatoms. The number of aryl methyl sites for hydroxylation is 1. The Morgan fingerprint density at radius 2 is 1.95 bits per heavy atom. The Kier molecular flexibility index (Phi) is 3.71. The van der Waals surface area contributed by atoms with E-state index in [-0.39, 0.29) is 5.92 Å². The molecule has 0 saturated heterocycles. The van der Waals surface area contributed by atoms with Gasteiger partial charge >= 0.3 is 0 Å². The summed E-state index contributed by atoms with van der Waals surface area (Å²) in [5, 5.41) is 9.56. The number of benzene rings is 1. The van der Waals surface area contributed by atoms with Crippen molar-refractivity contribution in [3.63, 3.8) is 0 Å². The molecule has 1 aromatic heterocycles. The zero-order valence-electron chi connectivity index (χ0n) is 10.9. The highest BCUT2D eigenvalue weighted by molar-refractivity contribution is 6.30. The summed E-state index contributed by atoms with van der Waals surface area (Å²) in [4.78, 5) is 8.55. The highest BCUT2D eigenvalue weighted by Gasteiger charge is 2.14. The molecule has 0 aliphatic rings. The molecule has 0 fully saturated rings. The van der Waals surface area contributed by atoms with Gasteiger partial charge in [-0.1, -0.05) is 25.4 Å². The summed E-state index contributed by atoms with van der Waals surface area (Å²) in [6, 6.07) is 4.02. The molecule has 2 rings (SSSR count). The van der Waals surface area contributed by atoms with Gasteiger partial charge in [0.05, 0.1) is 0 Å². The molecule has 0 unspecified atom stereocenters. The molecule has 3 nitrogen and oxygen atoms in total. The van der Waals surface area contributed by atoms with Gasteiger partial charge in [0.15, 0.2) is 17.4 Å². The lowest BCUT2D eigenvalue weighted by Gasteiger charge is -2.12. The lowest BCUT2D eigenvalue weighted by molar-refractivity contribution is 0.432. The van der Waals surface area contributed by atoms with Gasteiger partial charge in [0.25, 0.3) is 0 Å². The van der Waals surface area contributed by atoms with Crippen LogP contribution >= 0.6 is 11.6 Å². The molecule has 1 heterocycles. The molecule has 0 bridgehead atoms. The minimum absolute atomic E-state index is 0.220. The van der Waals surface area contributed by atoms with Gasteiger partial charge in [-0.05, 0) is 31.0 Å². The fourth-order valence-corrected chi connectivity index (χ4v) is 2.41. The molecule has 0 aliphatic carbocycles. The molecule has 2 aromatic rings. The average Bonchev–Trinajstić information content (AvgIpc) is 2.31. The normalized spacial score (nSPS) is 11.1. The number of aromatic nitrogens is 2. The maximum Gasteiger partial charge on any atom is 0.165 e. The first kappa shape index (κ1) is 13.7. The van der Waals surface area contributed by atoms with Crippen LogP contribution in [0.25, 0.3) is 11.4 Å². The monoisotopic (exact) mass is 280 g/mol. The highest BCUT2D eigenvalue weighted by atomic mass is 35.5. The Bertz CT molecular complexity index is 606. The summed E-state index contributed by atoms with van der Waals surface area (Å²) in [5.41, 5.74) is 2.15. The highest BCUT2D eigenvalue weighted by Crippen LogP contribution is 2.29. The van der Waals surface area contributed by atoms with Crippen molar-refractivity contribution in [3.8, 4) is 17.1 Å². The van der Waals surface area contributed by atoms with Crippen LogP contribution in [0.15, 0.2) is 18.2 Å². The Morgan fingerprint density at radius 3 is 2.47 bits per heavy atom. The van der Waals surface area contributed by atoms with Crippen LogP contribution in [0.4, 0.5) is 4.39 Å². The van der Waals surface area contributed by atoms with Crippen molar-refractivity contribution in [3.05, 3.63) is 40.4 Å². The van der Waals surface area contributed by atoms with Crippen LogP contribution < -0.4 is 0 Å². The van der Waals surface area contributed by atoms with E-state index in [1.807, 2.05) is 20.8 Å². The lowest BCUT2D eigenvalue weighted by Crippen LogP contribution is -2.02. The average molecular weight is 281 g/mol. The molecule has 0 spiro atoms. The number of nitrogens with zero attached hydrogens (tertiary/aromatic N) is 2. The van der Waals surface area contributed by atoms with Crippen molar-refractivity contribution in [1.29, 1.82) is 0 Å². The Balaban J connectivity index is 2.55. The second kappa shape index (κ2) is 5.13. The fraction of sp³-hybridized carbons (Fsp3) is 0.286. The van der Waals surface area contributed by atoms with Crippen molar-refractivity contribution >= 4 is 11.6 Å². The van der Waals surface area contributed by atoms with E-state index in [0.29, 0.717) is 16.5 Å². The Hall–Kier alpha value is -1.68. The van der Waals surface area contributed by atoms with Crippen LogP contribution in [-0.2, 0) is 0 Å². The van der Waals surface area contributed by atoms with Gasteiger partial charge in [0.1, 0.15) is 5.15 Å². The molecular formula is C14H14ClFN2O. The number of halogens is 2. The molecule has 0 radical (unpaired) electrons. The van der Waals surface area contributed by atoms with Gasteiger partial charge < -0.3 is 5.11 Å². The van der Waals surface area contributed by atoms with E-state index >= 15 is 0 Å². The number of rotatable bonds is 2. The molecule has 1 N–H and O–H groups in total. The van der Waals surface area contributed by atoms with Gasteiger partial charge in [0, 0.05) is 16.8 Å². The second-order valence-corrected chi connectivity index (χ2v) is 5.02. The summed E-state index contributed by atoms with van der Waals surface area (Å²) in [6.07, 6.45) is 0. The molecule has 0 aliphatic heterocycles. The van der Waals surface area contributed by atoms with E-state index < -0.39 is 11.6 Å². The smallest absolute Gasteiger partial charge is 0.165 e. The fourth-order valence-electron chi connectivity index (χ4n) is 1.98. The lowest BCUT2D eigenvalue weighted by atomic mass is 10.0. The summed E-state index contributed by atoms with van der Waals surface area (Å²) in [7, 11) is 0.